The van der Waals surface area contributed by atoms with Gasteiger partial charge in [0.1, 0.15) is 11.6 Å². The van der Waals surface area contributed by atoms with Crippen LogP contribution in [0.5, 0.6) is 5.75 Å². The van der Waals surface area contributed by atoms with Gasteiger partial charge in [0.2, 0.25) is 5.95 Å². The molecule has 0 aliphatic heterocycles. The summed E-state index contributed by atoms with van der Waals surface area (Å²) in [5.41, 5.74) is 3.55. The van der Waals surface area contributed by atoms with E-state index in [1.165, 1.54) is 11.1 Å². The van der Waals surface area contributed by atoms with Gasteiger partial charge in [-0.15, -0.1) is 0 Å². The molecule has 5 heteroatoms. The van der Waals surface area contributed by atoms with Crippen LogP contribution in [0.3, 0.4) is 0 Å². The molecule has 27 heavy (non-hydrogen) atoms. The maximum absolute atomic E-state index is 5.26. The Morgan fingerprint density at radius 2 is 1.85 bits per heavy atom. The van der Waals surface area contributed by atoms with Gasteiger partial charge in [0.25, 0.3) is 0 Å². The molecule has 0 radical (unpaired) electrons. The van der Waals surface area contributed by atoms with Crippen molar-refractivity contribution in [2.45, 2.75) is 26.2 Å². The molecule has 0 saturated heterocycles. The molecule has 0 amide bonds. The number of ether oxygens (including phenoxy) is 1. The van der Waals surface area contributed by atoms with Crippen molar-refractivity contribution in [2.75, 3.05) is 24.3 Å². The normalized spacial score (nSPS) is 10.7. The van der Waals surface area contributed by atoms with E-state index in [0.717, 1.165) is 30.2 Å². The van der Waals surface area contributed by atoms with E-state index in [0.29, 0.717) is 11.9 Å². The lowest BCUT2D eigenvalue weighted by Crippen LogP contribution is -2.08. The van der Waals surface area contributed by atoms with Crippen LogP contribution in [-0.4, -0.2) is 23.6 Å². The van der Waals surface area contributed by atoms with Crippen molar-refractivity contribution in [3.05, 3.63) is 71.9 Å². The van der Waals surface area contributed by atoms with Crippen molar-refractivity contribution < 1.29 is 4.74 Å². The summed E-state index contributed by atoms with van der Waals surface area (Å²) in [6, 6.07) is 18.4. The number of hydrogen-bond donors (Lipinski definition) is 2. The Hall–Kier alpha value is -3.08. The fraction of sp³-hybridized carbons (Fsp3) is 0.273. The van der Waals surface area contributed by atoms with Crippen molar-refractivity contribution in [1.29, 1.82) is 0 Å². The molecule has 0 aliphatic carbocycles. The molecule has 140 valence electrons. The minimum atomic E-state index is 0.526. The van der Waals surface area contributed by atoms with E-state index in [1.54, 1.807) is 13.3 Å². The molecule has 1 heterocycles. The highest BCUT2D eigenvalue weighted by atomic mass is 16.5. The van der Waals surface area contributed by atoms with Crippen molar-refractivity contribution in [2.24, 2.45) is 0 Å². The quantitative estimate of drug-likeness (QED) is 0.590. The second-order valence-electron chi connectivity index (χ2n) is 6.70. The second-order valence-corrected chi connectivity index (χ2v) is 6.70. The van der Waals surface area contributed by atoms with E-state index in [4.69, 9.17) is 4.74 Å². The van der Waals surface area contributed by atoms with E-state index in [1.807, 2.05) is 24.3 Å². The van der Waals surface area contributed by atoms with Crippen LogP contribution in [0.15, 0.2) is 60.8 Å². The largest absolute Gasteiger partial charge is 0.497 e. The summed E-state index contributed by atoms with van der Waals surface area (Å²) in [5.74, 6) is 2.78. The van der Waals surface area contributed by atoms with E-state index < -0.39 is 0 Å². The first-order chi connectivity index (χ1) is 13.1. The van der Waals surface area contributed by atoms with Crippen molar-refractivity contribution >= 4 is 17.5 Å². The summed E-state index contributed by atoms with van der Waals surface area (Å²) in [7, 11) is 1.68. The molecule has 2 aromatic carbocycles. The molecule has 5 nitrogen and oxygen atoms in total. The average Bonchev–Trinajstić information content (AvgIpc) is 2.69. The maximum atomic E-state index is 5.26. The number of nitrogens with one attached hydrogen (secondary N) is 2. The van der Waals surface area contributed by atoms with Crippen LogP contribution in [-0.2, 0) is 6.42 Å². The van der Waals surface area contributed by atoms with Gasteiger partial charge in [-0.05, 0) is 53.8 Å². The van der Waals surface area contributed by atoms with Gasteiger partial charge in [-0.2, -0.15) is 4.98 Å². The molecule has 2 N–H and O–H groups in total. The summed E-state index contributed by atoms with van der Waals surface area (Å²) in [6.45, 7) is 5.13. The second kappa shape index (κ2) is 9.03. The molecule has 1 aromatic heterocycles. The zero-order chi connectivity index (χ0) is 19.1. The molecule has 3 rings (SSSR count). The fourth-order valence-electron chi connectivity index (χ4n) is 2.76. The zero-order valence-corrected chi connectivity index (χ0v) is 16.1. The van der Waals surface area contributed by atoms with Gasteiger partial charge in [-0.3, -0.25) is 0 Å². The molecule has 0 atom stereocenters. The van der Waals surface area contributed by atoms with Gasteiger partial charge in [0, 0.05) is 18.4 Å². The van der Waals surface area contributed by atoms with Gasteiger partial charge in [-0.25, -0.2) is 4.98 Å². The first kappa shape index (κ1) is 18.7. The Kier molecular flexibility index (Phi) is 6.26. The van der Waals surface area contributed by atoms with Crippen LogP contribution in [0, 0.1) is 0 Å². The number of benzene rings is 2. The lowest BCUT2D eigenvalue weighted by molar-refractivity contribution is 0.414. The molecule has 0 fully saturated rings. The van der Waals surface area contributed by atoms with Gasteiger partial charge in [0.15, 0.2) is 0 Å². The Morgan fingerprint density at radius 3 is 2.59 bits per heavy atom. The van der Waals surface area contributed by atoms with E-state index in [2.05, 4.69) is 64.8 Å². The highest BCUT2D eigenvalue weighted by molar-refractivity contribution is 5.57. The number of hydrogen-bond acceptors (Lipinski definition) is 5. The molecule has 0 saturated carbocycles. The number of nitrogens with zero attached hydrogens (tertiary/aromatic N) is 2. The molecule has 0 unspecified atom stereocenters. The Balaban J connectivity index is 1.56. The van der Waals surface area contributed by atoms with Crippen molar-refractivity contribution in [3.63, 3.8) is 0 Å². The van der Waals surface area contributed by atoms with Crippen LogP contribution in [0.4, 0.5) is 17.5 Å². The van der Waals surface area contributed by atoms with E-state index in [9.17, 15) is 0 Å². The Labute approximate surface area is 160 Å². The van der Waals surface area contributed by atoms with Crippen LogP contribution in [0.2, 0.25) is 0 Å². The first-order valence-corrected chi connectivity index (χ1v) is 9.21. The van der Waals surface area contributed by atoms with Crippen molar-refractivity contribution in [1.82, 2.24) is 9.97 Å². The number of anilines is 3. The summed E-state index contributed by atoms with van der Waals surface area (Å²) in [4.78, 5) is 8.83. The number of aromatic nitrogens is 2. The van der Waals surface area contributed by atoms with Crippen LogP contribution >= 0.6 is 0 Å². The predicted octanol–water partition coefficient (Wildman–Crippen LogP) is 5.01. The summed E-state index contributed by atoms with van der Waals surface area (Å²) in [5, 5.41) is 6.60. The zero-order valence-electron chi connectivity index (χ0n) is 16.1. The van der Waals surface area contributed by atoms with Crippen LogP contribution in [0.25, 0.3) is 0 Å². The SMILES string of the molecule is COc1cccc(CCNc2nccc(Nc3ccc(C(C)C)cc3)n2)c1. The standard InChI is InChI=1S/C22H26N4O/c1-16(2)18-7-9-19(10-8-18)25-21-12-14-24-22(26-21)23-13-11-17-5-4-6-20(15-17)27-3/h4-10,12,14-16H,11,13H2,1-3H3,(H2,23,24,25,26). The van der Waals surface area contributed by atoms with Crippen molar-refractivity contribution in [3.8, 4) is 5.75 Å². The van der Waals surface area contributed by atoms with Gasteiger partial charge in [-0.1, -0.05) is 38.1 Å². The van der Waals surface area contributed by atoms with Gasteiger partial charge >= 0.3 is 0 Å². The number of rotatable bonds is 8. The molecule has 0 spiro atoms. The third kappa shape index (κ3) is 5.45. The maximum Gasteiger partial charge on any atom is 0.224 e. The van der Waals surface area contributed by atoms with E-state index in [-0.39, 0.29) is 0 Å². The lowest BCUT2D eigenvalue weighted by atomic mass is 10.0. The minimum absolute atomic E-state index is 0.526. The third-order valence-corrected chi connectivity index (χ3v) is 4.34. The predicted molar refractivity (Wildman–Crippen MR) is 111 cm³/mol. The van der Waals surface area contributed by atoms with Crippen LogP contribution < -0.4 is 15.4 Å². The molecular weight excluding hydrogens is 336 g/mol. The minimum Gasteiger partial charge on any atom is -0.497 e. The first-order valence-electron chi connectivity index (χ1n) is 9.21. The molecule has 0 aliphatic rings. The lowest BCUT2D eigenvalue weighted by Gasteiger charge is -2.10. The highest BCUT2D eigenvalue weighted by Crippen LogP contribution is 2.20. The summed E-state index contributed by atoms with van der Waals surface area (Å²) >= 11 is 0. The molecule has 0 bridgehead atoms. The van der Waals surface area contributed by atoms with E-state index >= 15 is 0 Å². The van der Waals surface area contributed by atoms with Gasteiger partial charge in [0.05, 0.1) is 7.11 Å². The average molecular weight is 362 g/mol. The molecular formula is C22H26N4O. The monoisotopic (exact) mass is 362 g/mol. The Morgan fingerprint density at radius 1 is 1.04 bits per heavy atom. The fourth-order valence-corrected chi connectivity index (χ4v) is 2.76. The topological polar surface area (TPSA) is 59.1 Å². The summed E-state index contributed by atoms with van der Waals surface area (Å²) in [6.07, 6.45) is 2.63. The highest BCUT2D eigenvalue weighted by Gasteiger charge is 2.03. The smallest absolute Gasteiger partial charge is 0.224 e. The molecule has 3 aromatic rings. The Bertz CT molecular complexity index is 862. The third-order valence-electron chi connectivity index (χ3n) is 4.34. The van der Waals surface area contributed by atoms with Crippen LogP contribution in [0.1, 0.15) is 30.9 Å². The van der Waals surface area contributed by atoms with Gasteiger partial charge < -0.3 is 15.4 Å². The number of methoxy groups -OCH3 is 1. The summed E-state index contributed by atoms with van der Waals surface area (Å²) < 4.78 is 5.26.